The molecule has 312 valence electrons. The first-order valence-corrected chi connectivity index (χ1v) is 19.8. The molecule has 3 amide bonds. The lowest BCUT2D eigenvalue weighted by Crippen LogP contribution is -2.44. The molecule has 3 aromatic carbocycles. The number of imide groups is 1. The lowest BCUT2D eigenvalue weighted by atomic mass is 10.0. The number of nitrogen functional groups attached to an aromatic ring is 1. The predicted molar refractivity (Wildman–Crippen MR) is 225 cm³/mol. The SMILES string of the molecule is N=C(c1ccc(Oc2ccccc2)cc1)c1c(N)ncnc1NC1CCCN(C(=O)/C=C/CCOCCOCCNc2cccc3c2C(=O)N(C(C=O)CCC=O)C3=O)C1. The molecular formula is C44H48N8O8. The number of nitrogens with one attached hydrogen (secondary N) is 3. The number of carbonyl (C=O) groups is 5. The van der Waals surface area contributed by atoms with E-state index in [1.165, 1.54) is 12.4 Å². The number of carbonyl (C=O) groups excluding carboxylic acids is 5. The van der Waals surface area contributed by atoms with Crippen LogP contribution < -0.4 is 21.1 Å². The standard InChI is InChI=1S/C44H48N8O8/c45-40(30-16-18-34(19-17-30)60-33-11-2-1-3-12-33)39-41(46)48-29-49-42(39)50-31-9-7-21-51(27-31)37(55)15-4-5-23-58-25-26-59-24-20-47-36-14-6-13-35-38(36)44(57)52(43(35)56)32(28-54)10-8-22-53/h1-4,6,11-19,22,28-29,31-32,45,47H,5,7-10,20-21,23-27H2,(H3,46,48,49,50)/b15-4+,45-40?. The van der Waals surface area contributed by atoms with Crippen molar-refractivity contribution in [3.63, 3.8) is 0 Å². The van der Waals surface area contributed by atoms with Crippen LogP contribution in [0.4, 0.5) is 17.3 Å². The van der Waals surface area contributed by atoms with Gasteiger partial charge in [0.15, 0.2) is 0 Å². The summed E-state index contributed by atoms with van der Waals surface area (Å²) in [5.41, 5.74) is 8.31. The van der Waals surface area contributed by atoms with Crippen molar-refractivity contribution in [2.75, 3.05) is 62.4 Å². The number of hydrogen-bond acceptors (Lipinski definition) is 14. The highest BCUT2D eigenvalue weighted by molar-refractivity contribution is 6.24. The van der Waals surface area contributed by atoms with Gasteiger partial charge in [0.2, 0.25) is 5.91 Å². The molecule has 6 rings (SSSR count). The summed E-state index contributed by atoms with van der Waals surface area (Å²) in [5.74, 6) is 0.725. The number of aldehydes is 2. The third-order valence-corrected chi connectivity index (χ3v) is 9.96. The van der Waals surface area contributed by atoms with Crippen LogP contribution in [0, 0.1) is 5.41 Å². The van der Waals surface area contributed by atoms with Gasteiger partial charge in [-0.2, -0.15) is 0 Å². The number of piperidine rings is 1. The maximum absolute atomic E-state index is 13.1. The van der Waals surface area contributed by atoms with Crippen LogP contribution >= 0.6 is 0 Å². The first-order chi connectivity index (χ1) is 29.3. The zero-order valence-electron chi connectivity index (χ0n) is 33.1. The monoisotopic (exact) mass is 816 g/mol. The van der Waals surface area contributed by atoms with Crippen molar-refractivity contribution >= 4 is 53.3 Å². The Hall–Kier alpha value is -6.78. The first kappa shape index (κ1) is 42.8. The Morgan fingerprint density at radius 1 is 0.917 bits per heavy atom. The Bertz CT molecular complexity index is 2180. The van der Waals surface area contributed by atoms with Crippen LogP contribution in [0.5, 0.6) is 11.5 Å². The van der Waals surface area contributed by atoms with E-state index in [2.05, 4.69) is 20.6 Å². The highest BCUT2D eigenvalue weighted by Crippen LogP contribution is 2.31. The van der Waals surface area contributed by atoms with Crippen molar-refractivity contribution < 1.29 is 38.2 Å². The normalized spacial score (nSPS) is 15.4. The minimum Gasteiger partial charge on any atom is -0.457 e. The van der Waals surface area contributed by atoms with Gasteiger partial charge < -0.3 is 45.1 Å². The fraction of sp³-hybridized carbons (Fsp3) is 0.318. The van der Waals surface area contributed by atoms with Gasteiger partial charge in [-0.3, -0.25) is 24.7 Å². The third kappa shape index (κ3) is 10.8. The summed E-state index contributed by atoms with van der Waals surface area (Å²) in [6.45, 7) is 2.82. The first-order valence-electron chi connectivity index (χ1n) is 19.8. The molecule has 1 saturated heterocycles. The van der Waals surface area contributed by atoms with Crippen LogP contribution in [0.2, 0.25) is 0 Å². The van der Waals surface area contributed by atoms with Crippen LogP contribution in [0.15, 0.2) is 91.3 Å². The molecule has 60 heavy (non-hydrogen) atoms. The largest absolute Gasteiger partial charge is 0.457 e. The molecule has 16 nitrogen and oxygen atoms in total. The molecule has 16 heteroatoms. The summed E-state index contributed by atoms with van der Waals surface area (Å²) in [5, 5.41) is 15.5. The topological polar surface area (TPSA) is 219 Å². The number of likely N-dealkylation sites (tertiary alicyclic amines) is 1. The minimum atomic E-state index is -1.01. The smallest absolute Gasteiger partial charge is 0.264 e. The third-order valence-electron chi connectivity index (χ3n) is 9.96. The van der Waals surface area contributed by atoms with Crippen molar-refractivity contribution in [1.29, 1.82) is 5.41 Å². The minimum absolute atomic E-state index is 0.0581. The van der Waals surface area contributed by atoms with Gasteiger partial charge in [-0.05, 0) is 80.3 Å². The quantitative estimate of drug-likeness (QED) is 0.0273. The molecular weight excluding hydrogens is 769 g/mol. The van der Waals surface area contributed by atoms with Gasteiger partial charge >= 0.3 is 0 Å². The number of para-hydroxylation sites is 1. The molecule has 2 aliphatic heterocycles. The number of nitrogens with two attached hydrogens (primary N) is 1. The second-order valence-corrected chi connectivity index (χ2v) is 14.1. The molecule has 2 aliphatic rings. The summed E-state index contributed by atoms with van der Waals surface area (Å²) in [4.78, 5) is 72.7. The average molecular weight is 817 g/mol. The highest BCUT2D eigenvalue weighted by atomic mass is 16.5. The van der Waals surface area contributed by atoms with E-state index in [-0.39, 0.29) is 47.4 Å². The fourth-order valence-electron chi connectivity index (χ4n) is 6.97. The van der Waals surface area contributed by atoms with Crippen LogP contribution in [0.1, 0.15) is 63.9 Å². The summed E-state index contributed by atoms with van der Waals surface area (Å²) >= 11 is 0. The fourth-order valence-corrected chi connectivity index (χ4v) is 6.97. The number of aromatic nitrogens is 2. The van der Waals surface area contributed by atoms with Gasteiger partial charge in [-0.1, -0.05) is 30.3 Å². The maximum Gasteiger partial charge on any atom is 0.264 e. The number of benzene rings is 3. The van der Waals surface area contributed by atoms with Gasteiger partial charge in [0.05, 0.1) is 54.9 Å². The second-order valence-electron chi connectivity index (χ2n) is 14.1. The van der Waals surface area contributed by atoms with Gasteiger partial charge in [0.1, 0.15) is 42.0 Å². The van der Waals surface area contributed by atoms with E-state index in [4.69, 9.17) is 25.4 Å². The summed E-state index contributed by atoms with van der Waals surface area (Å²) in [7, 11) is 0. The van der Waals surface area contributed by atoms with E-state index in [1.54, 1.807) is 53.5 Å². The van der Waals surface area contributed by atoms with E-state index >= 15 is 0 Å². The molecule has 2 unspecified atom stereocenters. The number of nitrogens with zero attached hydrogens (tertiary/aromatic N) is 4. The van der Waals surface area contributed by atoms with Gasteiger partial charge in [-0.25, -0.2) is 9.97 Å². The lowest BCUT2D eigenvalue weighted by molar-refractivity contribution is -0.127. The molecule has 0 saturated carbocycles. The second kappa shape index (κ2) is 21.3. The Labute approximate surface area is 347 Å². The molecule has 5 N–H and O–H groups in total. The number of anilines is 3. The summed E-state index contributed by atoms with van der Waals surface area (Å²) in [6.07, 6.45) is 8.15. The number of fused-ring (bicyclic) bond motifs is 1. The van der Waals surface area contributed by atoms with E-state index in [1.807, 2.05) is 30.3 Å². The number of ether oxygens (including phenoxy) is 3. The summed E-state index contributed by atoms with van der Waals surface area (Å²) < 4.78 is 17.2. The Kier molecular flexibility index (Phi) is 15.2. The van der Waals surface area contributed by atoms with Crippen molar-refractivity contribution in [3.8, 4) is 11.5 Å². The van der Waals surface area contributed by atoms with Crippen LogP contribution in [-0.2, 0) is 23.9 Å². The molecule has 0 radical (unpaired) electrons. The number of rotatable bonds is 22. The van der Waals surface area contributed by atoms with Gasteiger partial charge in [0.25, 0.3) is 11.8 Å². The highest BCUT2D eigenvalue weighted by Gasteiger charge is 2.41. The summed E-state index contributed by atoms with van der Waals surface area (Å²) in [6, 6.07) is 20.4. The zero-order valence-corrected chi connectivity index (χ0v) is 33.1. The van der Waals surface area contributed by atoms with Crippen molar-refractivity contribution in [2.24, 2.45) is 0 Å². The Morgan fingerprint density at radius 2 is 1.68 bits per heavy atom. The molecule has 4 aromatic rings. The zero-order chi connectivity index (χ0) is 42.3. The van der Waals surface area contributed by atoms with Crippen LogP contribution in [0.3, 0.4) is 0 Å². The maximum atomic E-state index is 13.1. The van der Waals surface area contributed by atoms with Crippen molar-refractivity contribution in [2.45, 2.75) is 44.2 Å². The molecule has 2 atom stereocenters. The van der Waals surface area contributed by atoms with Crippen LogP contribution in [0.25, 0.3) is 0 Å². The number of hydrogen-bond donors (Lipinski definition) is 4. The molecule has 1 aromatic heterocycles. The van der Waals surface area contributed by atoms with Gasteiger partial charge in [0, 0.05) is 43.3 Å². The van der Waals surface area contributed by atoms with Crippen LogP contribution in [-0.4, -0.2) is 114 Å². The Balaban J connectivity index is 0.885. The van der Waals surface area contributed by atoms with Crippen molar-refractivity contribution in [1.82, 2.24) is 19.8 Å². The van der Waals surface area contributed by atoms with E-state index in [0.29, 0.717) is 99.2 Å². The lowest BCUT2D eigenvalue weighted by Gasteiger charge is -2.33. The van der Waals surface area contributed by atoms with Crippen molar-refractivity contribution in [3.05, 3.63) is 114 Å². The van der Waals surface area contributed by atoms with E-state index < -0.39 is 17.9 Å². The Morgan fingerprint density at radius 3 is 2.45 bits per heavy atom. The molecule has 3 heterocycles. The number of amides is 3. The van der Waals surface area contributed by atoms with E-state index in [9.17, 15) is 24.0 Å². The average Bonchev–Trinajstić information content (AvgIpc) is 3.52. The molecule has 1 fully saturated rings. The van der Waals surface area contributed by atoms with E-state index in [0.717, 1.165) is 17.7 Å². The molecule has 0 aliphatic carbocycles. The molecule has 0 bridgehead atoms. The predicted octanol–water partition coefficient (Wildman–Crippen LogP) is 4.90. The molecule has 0 spiro atoms. The van der Waals surface area contributed by atoms with Gasteiger partial charge in [-0.15, -0.1) is 0 Å².